The molecule has 1 rings (SSSR count). The molecule has 1 heterocycles. The van der Waals surface area contributed by atoms with E-state index in [9.17, 15) is 0 Å². The van der Waals surface area contributed by atoms with Crippen LogP contribution in [-0.2, 0) is 0 Å². The molecule has 0 aromatic rings. The van der Waals surface area contributed by atoms with Crippen LogP contribution in [0.15, 0.2) is 0 Å². The van der Waals surface area contributed by atoms with Crippen molar-refractivity contribution in [2.45, 2.75) is 27.2 Å². The highest BCUT2D eigenvalue weighted by molar-refractivity contribution is 4.79. The summed E-state index contributed by atoms with van der Waals surface area (Å²) in [5.41, 5.74) is 6.07. The maximum atomic E-state index is 5.63. The van der Waals surface area contributed by atoms with Crippen LogP contribution >= 0.6 is 0 Å². The zero-order valence-corrected chi connectivity index (χ0v) is 8.64. The van der Waals surface area contributed by atoms with Gasteiger partial charge in [0, 0.05) is 13.1 Å². The quantitative estimate of drug-likeness (QED) is 0.677. The molecule has 0 saturated carbocycles. The molecule has 2 nitrogen and oxygen atoms in total. The second-order valence-corrected chi connectivity index (χ2v) is 5.19. The Morgan fingerprint density at radius 3 is 2.50 bits per heavy atom. The van der Waals surface area contributed by atoms with Crippen molar-refractivity contribution in [3.05, 3.63) is 0 Å². The summed E-state index contributed by atoms with van der Waals surface area (Å²) < 4.78 is 0. The second-order valence-electron chi connectivity index (χ2n) is 5.19. The summed E-state index contributed by atoms with van der Waals surface area (Å²) in [6, 6.07) is 0. The van der Waals surface area contributed by atoms with Crippen molar-refractivity contribution in [2.75, 3.05) is 26.2 Å². The highest BCUT2D eigenvalue weighted by atomic mass is 15.2. The van der Waals surface area contributed by atoms with E-state index in [0.29, 0.717) is 5.41 Å². The molecule has 0 amide bonds. The first-order valence-corrected chi connectivity index (χ1v) is 4.94. The minimum absolute atomic E-state index is 0.434. The van der Waals surface area contributed by atoms with Gasteiger partial charge in [-0.15, -0.1) is 0 Å². The highest BCUT2D eigenvalue weighted by Crippen LogP contribution is 2.21. The van der Waals surface area contributed by atoms with Crippen molar-refractivity contribution in [1.29, 1.82) is 0 Å². The van der Waals surface area contributed by atoms with E-state index in [2.05, 4.69) is 25.7 Å². The van der Waals surface area contributed by atoms with Crippen LogP contribution < -0.4 is 5.73 Å². The average molecular weight is 170 g/mol. The van der Waals surface area contributed by atoms with Gasteiger partial charge in [0.2, 0.25) is 0 Å². The number of nitrogens with zero attached hydrogens (tertiary/aromatic N) is 1. The van der Waals surface area contributed by atoms with E-state index in [1.165, 1.54) is 26.1 Å². The molecule has 0 aromatic heterocycles. The lowest BCUT2D eigenvalue weighted by Gasteiger charge is -2.26. The van der Waals surface area contributed by atoms with Gasteiger partial charge in [-0.05, 0) is 30.8 Å². The molecular weight excluding hydrogens is 148 g/mol. The Morgan fingerprint density at radius 1 is 1.42 bits per heavy atom. The largest absolute Gasteiger partial charge is 0.330 e. The molecule has 0 spiro atoms. The van der Waals surface area contributed by atoms with Crippen molar-refractivity contribution in [3.63, 3.8) is 0 Å². The zero-order chi connectivity index (χ0) is 9.19. The molecule has 0 aliphatic carbocycles. The van der Waals surface area contributed by atoms with Gasteiger partial charge in [-0.3, -0.25) is 0 Å². The normalized spacial score (nSPS) is 26.5. The first kappa shape index (κ1) is 10.0. The molecule has 1 fully saturated rings. The SMILES string of the molecule is CC(C)(C)CN1CCC(CN)C1. The fraction of sp³-hybridized carbons (Fsp3) is 1.00. The van der Waals surface area contributed by atoms with Gasteiger partial charge >= 0.3 is 0 Å². The Kier molecular flexibility index (Phi) is 3.13. The summed E-state index contributed by atoms with van der Waals surface area (Å²) in [6.07, 6.45) is 1.30. The predicted molar refractivity (Wildman–Crippen MR) is 53.1 cm³/mol. The van der Waals surface area contributed by atoms with E-state index in [1.807, 2.05) is 0 Å². The molecule has 0 bridgehead atoms. The molecule has 2 N–H and O–H groups in total. The Morgan fingerprint density at radius 2 is 2.08 bits per heavy atom. The number of likely N-dealkylation sites (tertiary alicyclic amines) is 1. The molecule has 1 aliphatic rings. The predicted octanol–water partition coefficient (Wildman–Crippen LogP) is 1.31. The Balaban J connectivity index is 2.28. The summed E-state index contributed by atoms with van der Waals surface area (Å²) in [5.74, 6) is 0.757. The minimum Gasteiger partial charge on any atom is -0.330 e. The van der Waals surface area contributed by atoms with E-state index < -0.39 is 0 Å². The third-order valence-electron chi connectivity index (χ3n) is 2.40. The summed E-state index contributed by atoms with van der Waals surface area (Å²) in [5, 5.41) is 0. The molecule has 0 aromatic carbocycles. The number of hydrogen-bond donors (Lipinski definition) is 1. The fourth-order valence-corrected chi connectivity index (χ4v) is 1.92. The molecule has 1 atom stereocenters. The summed E-state index contributed by atoms with van der Waals surface area (Å²) in [6.45, 7) is 11.4. The molecule has 2 heteroatoms. The van der Waals surface area contributed by atoms with Gasteiger partial charge in [0.1, 0.15) is 0 Å². The second kappa shape index (κ2) is 3.75. The van der Waals surface area contributed by atoms with E-state index in [0.717, 1.165) is 12.5 Å². The van der Waals surface area contributed by atoms with E-state index in [4.69, 9.17) is 5.73 Å². The summed E-state index contributed by atoms with van der Waals surface area (Å²) in [4.78, 5) is 2.54. The van der Waals surface area contributed by atoms with Gasteiger partial charge in [-0.25, -0.2) is 0 Å². The number of rotatable bonds is 2. The Hall–Kier alpha value is -0.0800. The third kappa shape index (κ3) is 3.11. The molecular formula is C10H22N2. The number of hydrogen-bond acceptors (Lipinski definition) is 2. The average Bonchev–Trinajstić information content (AvgIpc) is 2.32. The van der Waals surface area contributed by atoms with Crippen molar-refractivity contribution in [3.8, 4) is 0 Å². The van der Waals surface area contributed by atoms with Crippen LogP contribution in [0, 0.1) is 11.3 Å². The van der Waals surface area contributed by atoms with Gasteiger partial charge in [0.25, 0.3) is 0 Å². The van der Waals surface area contributed by atoms with Crippen LogP contribution in [0.4, 0.5) is 0 Å². The van der Waals surface area contributed by atoms with Crippen molar-refractivity contribution >= 4 is 0 Å². The molecule has 1 aliphatic heterocycles. The van der Waals surface area contributed by atoms with E-state index in [-0.39, 0.29) is 0 Å². The first-order valence-electron chi connectivity index (χ1n) is 4.94. The molecule has 12 heavy (non-hydrogen) atoms. The first-order chi connectivity index (χ1) is 5.51. The fourth-order valence-electron chi connectivity index (χ4n) is 1.92. The lowest BCUT2D eigenvalue weighted by molar-refractivity contribution is 0.221. The summed E-state index contributed by atoms with van der Waals surface area (Å²) in [7, 11) is 0. The van der Waals surface area contributed by atoms with Crippen LogP contribution in [0.5, 0.6) is 0 Å². The van der Waals surface area contributed by atoms with Gasteiger partial charge < -0.3 is 10.6 Å². The maximum absolute atomic E-state index is 5.63. The molecule has 72 valence electrons. The highest BCUT2D eigenvalue weighted by Gasteiger charge is 2.24. The topological polar surface area (TPSA) is 29.3 Å². The van der Waals surface area contributed by atoms with Crippen molar-refractivity contribution in [1.82, 2.24) is 4.90 Å². The van der Waals surface area contributed by atoms with Crippen LogP contribution in [0.25, 0.3) is 0 Å². The lowest BCUT2D eigenvalue weighted by atomic mass is 9.96. The molecule has 0 radical (unpaired) electrons. The van der Waals surface area contributed by atoms with Gasteiger partial charge in [0.05, 0.1) is 0 Å². The van der Waals surface area contributed by atoms with E-state index >= 15 is 0 Å². The third-order valence-corrected chi connectivity index (χ3v) is 2.40. The maximum Gasteiger partial charge on any atom is 0.00302 e. The smallest absolute Gasteiger partial charge is 0.00302 e. The lowest BCUT2D eigenvalue weighted by Crippen LogP contribution is -2.31. The number of nitrogens with two attached hydrogens (primary N) is 1. The monoisotopic (exact) mass is 170 g/mol. The van der Waals surface area contributed by atoms with Crippen molar-refractivity contribution < 1.29 is 0 Å². The van der Waals surface area contributed by atoms with Crippen molar-refractivity contribution in [2.24, 2.45) is 17.1 Å². The standard InChI is InChI=1S/C10H22N2/c1-10(2,3)8-12-5-4-9(6-11)7-12/h9H,4-8,11H2,1-3H3. The van der Waals surface area contributed by atoms with Gasteiger partial charge in [-0.2, -0.15) is 0 Å². The van der Waals surface area contributed by atoms with Gasteiger partial charge in [-0.1, -0.05) is 20.8 Å². The Bertz CT molecular complexity index is 137. The van der Waals surface area contributed by atoms with Gasteiger partial charge in [0.15, 0.2) is 0 Å². The van der Waals surface area contributed by atoms with Crippen LogP contribution in [-0.4, -0.2) is 31.1 Å². The Labute approximate surface area is 76.1 Å². The minimum atomic E-state index is 0.434. The van der Waals surface area contributed by atoms with Crippen LogP contribution in [0.2, 0.25) is 0 Å². The zero-order valence-electron chi connectivity index (χ0n) is 8.64. The molecule has 1 saturated heterocycles. The van der Waals surface area contributed by atoms with Crippen LogP contribution in [0.1, 0.15) is 27.2 Å². The molecule has 1 unspecified atom stereocenters. The summed E-state index contributed by atoms with van der Waals surface area (Å²) >= 11 is 0. The van der Waals surface area contributed by atoms with E-state index in [1.54, 1.807) is 0 Å². The van der Waals surface area contributed by atoms with Crippen LogP contribution in [0.3, 0.4) is 0 Å².